The van der Waals surface area contributed by atoms with Crippen molar-refractivity contribution < 1.29 is 22.6 Å². The average molecular weight is 683 g/mol. The number of nitro groups is 1. The Balaban J connectivity index is 0.000000281. The second kappa shape index (κ2) is 15.1. The van der Waals surface area contributed by atoms with Gasteiger partial charge in [0.2, 0.25) is 0 Å². The first-order chi connectivity index (χ1) is 24.2. The monoisotopic (exact) mass is 682 g/mol. The van der Waals surface area contributed by atoms with Crippen LogP contribution in [0.2, 0.25) is 0 Å². The van der Waals surface area contributed by atoms with Crippen LogP contribution < -0.4 is 9.22 Å². The maximum absolute atomic E-state index is 10.4. The molecule has 0 spiro atoms. The van der Waals surface area contributed by atoms with E-state index in [-0.39, 0.29) is 0 Å². The maximum atomic E-state index is 10.4. The third-order valence-corrected chi connectivity index (χ3v) is 9.38. The number of fused-ring (bicyclic) bond motifs is 2. The van der Waals surface area contributed by atoms with E-state index in [1.807, 2.05) is 30.3 Å². The van der Waals surface area contributed by atoms with Gasteiger partial charge in [-0.25, -0.2) is 8.42 Å². The van der Waals surface area contributed by atoms with Crippen LogP contribution in [0.25, 0.3) is 21.5 Å². The molecule has 7 aromatic rings. The first-order valence-corrected chi connectivity index (χ1v) is 17.4. The molecular formula is C41H34N2O6S. The number of nitrogens with zero attached hydrogens (tertiary/aromatic N) is 2. The fourth-order valence-corrected chi connectivity index (χ4v) is 6.55. The molecule has 0 radical (unpaired) electrons. The van der Waals surface area contributed by atoms with E-state index in [0.29, 0.717) is 11.1 Å². The molecule has 0 N–H and O–H groups in total. The van der Waals surface area contributed by atoms with Crippen LogP contribution in [0.1, 0.15) is 5.56 Å². The normalized spacial score (nSPS) is 11.5. The fourth-order valence-electron chi connectivity index (χ4n) is 6.04. The number of ether oxygens (including phenoxy) is 1. The van der Waals surface area contributed by atoms with E-state index in [1.165, 1.54) is 38.5 Å². The highest BCUT2D eigenvalue weighted by Crippen LogP contribution is 2.40. The van der Waals surface area contributed by atoms with E-state index < -0.39 is 25.6 Å². The molecule has 0 amide bonds. The van der Waals surface area contributed by atoms with Gasteiger partial charge >= 0.3 is 0 Å². The van der Waals surface area contributed by atoms with E-state index in [9.17, 15) is 23.1 Å². The zero-order chi connectivity index (χ0) is 35.0. The van der Waals surface area contributed by atoms with Crippen molar-refractivity contribution in [2.24, 2.45) is 0 Å². The molecule has 0 saturated heterocycles. The zero-order valence-electron chi connectivity index (χ0n) is 27.0. The SMILES string of the molecule is O=[N+]([O-])c1cccc(S(=O)(=O)[O-])c1.c1ccc(C[N+](CCOc2ccccc2)(c2ccc3ccccc3c2)c2ccc3ccccc3c2)cc1. The van der Waals surface area contributed by atoms with E-state index in [2.05, 4.69) is 115 Å². The maximum Gasteiger partial charge on any atom is 0.270 e. The highest BCUT2D eigenvalue weighted by molar-refractivity contribution is 7.85. The van der Waals surface area contributed by atoms with Crippen molar-refractivity contribution in [3.8, 4) is 5.75 Å². The van der Waals surface area contributed by atoms with Crippen LogP contribution in [0.4, 0.5) is 17.1 Å². The number of para-hydroxylation sites is 1. The van der Waals surface area contributed by atoms with Crippen LogP contribution in [0.5, 0.6) is 5.75 Å². The van der Waals surface area contributed by atoms with E-state index in [4.69, 9.17) is 4.74 Å². The summed E-state index contributed by atoms with van der Waals surface area (Å²) in [5.74, 6) is 0.900. The summed E-state index contributed by atoms with van der Waals surface area (Å²) in [5.41, 5.74) is 3.39. The molecule has 0 heterocycles. The Morgan fingerprint density at radius 2 is 1.10 bits per heavy atom. The molecule has 7 rings (SSSR count). The molecule has 250 valence electrons. The standard InChI is InChI=1S/C35H30NO.C6H5NO5S/c1-3-11-28(12-4-1)27-36(23-24-37-35-17-5-2-6-18-35,33-21-19-29-13-7-9-15-31(29)25-33)34-22-20-30-14-8-10-16-32(30)26-34;8-7(9)5-2-1-3-6(4-5)13(10,11)12/h1-22,25-26H,23-24,27H2;1-4H,(H,10,11,12)/q+1;/p-1. The molecule has 0 saturated carbocycles. The summed E-state index contributed by atoms with van der Waals surface area (Å²) in [5, 5.41) is 15.2. The van der Waals surface area contributed by atoms with Gasteiger partial charge in [0.25, 0.3) is 5.69 Å². The van der Waals surface area contributed by atoms with E-state index >= 15 is 0 Å². The van der Waals surface area contributed by atoms with Crippen molar-refractivity contribution in [3.05, 3.63) is 186 Å². The zero-order valence-corrected chi connectivity index (χ0v) is 27.9. The van der Waals surface area contributed by atoms with Gasteiger partial charge in [-0.15, -0.1) is 0 Å². The summed E-state index contributed by atoms with van der Waals surface area (Å²) in [6, 6.07) is 55.9. The highest BCUT2D eigenvalue weighted by atomic mass is 32.2. The summed E-state index contributed by atoms with van der Waals surface area (Å²) in [4.78, 5) is 8.82. The second-order valence-electron chi connectivity index (χ2n) is 11.8. The number of quaternary nitrogens is 1. The molecule has 50 heavy (non-hydrogen) atoms. The van der Waals surface area contributed by atoms with Crippen molar-refractivity contribution >= 4 is 48.7 Å². The van der Waals surface area contributed by atoms with Crippen LogP contribution in [0.15, 0.2) is 175 Å². The minimum Gasteiger partial charge on any atom is -0.744 e. The number of hydrogen-bond acceptors (Lipinski definition) is 6. The topological polar surface area (TPSA) is 110 Å². The predicted molar refractivity (Wildman–Crippen MR) is 197 cm³/mol. The lowest BCUT2D eigenvalue weighted by Gasteiger charge is -2.38. The Morgan fingerprint density at radius 3 is 1.64 bits per heavy atom. The van der Waals surface area contributed by atoms with Crippen LogP contribution >= 0.6 is 0 Å². The minimum atomic E-state index is -4.61. The first kappa shape index (κ1) is 34.0. The summed E-state index contributed by atoms with van der Waals surface area (Å²) < 4.78 is 38.2. The number of benzene rings is 7. The van der Waals surface area contributed by atoms with Crippen molar-refractivity contribution in [1.82, 2.24) is 4.48 Å². The van der Waals surface area contributed by atoms with Crippen LogP contribution in [-0.2, 0) is 16.7 Å². The number of hydrogen-bond donors (Lipinski definition) is 0. The minimum absolute atomic E-state index is 0.420. The molecule has 7 aromatic carbocycles. The number of rotatable bonds is 10. The third kappa shape index (κ3) is 8.04. The first-order valence-electron chi connectivity index (χ1n) is 16.0. The van der Waals surface area contributed by atoms with E-state index in [0.717, 1.165) is 43.1 Å². The molecule has 0 atom stereocenters. The van der Waals surface area contributed by atoms with Gasteiger partial charge in [0.1, 0.15) is 46.9 Å². The average Bonchev–Trinajstić information content (AvgIpc) is 3.15. The van der Waals surface area contributed by atoms with Crippen molar-refractivity contribution in [2.75, 3.05) is 13.2 Å². The lowest BCUT2D eigenvalue weighted by Crippen LogP contribution is -2.46. The molecule has 0 aliphatic heterocycles. The summed E-state index contributed by atoms with van der Waals surface area (Å²) >= 11 is 0. The molecule has 0 fully saturated rings. The molecule has 0 bridgehead atoms. The molecule has 0 aliphatic carbocycles. The van der Waals surface area contributed by atoms with Crippen molar-refractivity contribution in [2.45, 2.75) is 11.4 Å². The summed E-state index contributed by atoms with van der Waals surface area (Å²) in [7, 11) is -4.61. The molecular weight excluding hydrogens is 649 g/mol. The van der Waals surface area contributed by atoms with Crippen molar-refractivity contribution in [1.29, 1.82) is 0 Å². The highest BCUT2D eigenvalue weighted by Gasteiger charge is 2.34. The number of nitro benzene ring substituents is 1. The van der Waals surface area contributed by atoms with E-state index in [1.54, 1.807) is 0 Å². The van der Waals surface area contributed by atoms with Crippen molar-refractivity contribution in [3.63, 3.8) is 0 Å². The Kier molecular flexibility index (Phi) is 10.3. The van der Waals surface area contributed by atoms with Gasteiger partial charge in [-0.2, -0.15) is 0 Å². The van der Waals surface area contributed by atoms with Crippen LogP contribution in [-0.4, -0.2) is 31.0 Å². The summed E-state index contributed by atoms with van der Waals surface area (Å²) in [6.45, 7) is 2.21. The van der Waals surface area contributed by atoms with Gasteiger partial charge in [-0.1, -0.05) is 103 Å². The Hall–Kier alpha value is -5.87. The van der Waals surface area contributed by atoms with Gasteiger partial charge in [0, 0.05) is 42.0 Å². The Morgan fingerprint density at radius 1 is 0.580 bits per heavy atom. The molecule has 8 nitrogen and oxygen atoms in total. The second-order valence-corrected chi connectivity index (χ2v) is 13.1. The quantitative estimate of drug-likeness (QED) is 0.0615. The van der Waals surface area contributed by atoms with Gasteiger partial charge in [0.15, 0.2) is 0 Å². The predicted octanol–water partition coefficient (Wildman–Crippen LogP) is 9.41. The molecule has 9 heteroatoms. The van der Waals surface area contributed by atoms with Gasteiger partial charge in [-0.05, 0) is 51.9 Å². The van der Waals surface area contributed by atoms with Gasteiger partial charge in [-0.3, -0.25) is 14.6 Å². The third-order valence-electron chi connectivity index (χ3n) is 8.55. The van der Waals surface area contributed by atoms with Crippen LogP contribution in [0.3, 0.4) is 0 Å². The Labute approximate surface area is 290 Å². The lowest BCUT2D eigenvalue weighted by molar-refractivity contribution is -0.385. The van der Waals surface area contributed by atoms with Crippen LogP contribution in [0, 0.1) is 10.1 Å². The lowest BCUT2D eigenvalue weighted by atomic mass is 10.0. The van der Waals surface area contributed by atoms with Gasteiger partial charge in [0.05, 0.1) is 9.82 Å². The molecule has 0 aliphatic rings. The Bertz CT molecular complexity index is 2270. The molecule has 0 unspecified atom stereocenters. The largest absolute Gasteiger partial charge is 0.744 e. The smallest absolute Gasteiger partial charge is 0.270 e. The summed E-state index contributed by atoms with van der Waals surface area (Å²) in [6.07, 6.45) is 0. The fraction of sp³-hybridized carbons (Fsp3) is 0.0732. The van der Waals surface area contributed by atoms with Gasteiger partial charge < -0.3 is 9.29 Å². The molecule has 0 aromatic heterocycles. The number of non-ortho nitro benzene ring substituents is 1.